The van der Waals surface area contributed by atoms with Crippen LogP contribution in [0.3, 0.4) is 0 Å². The summed E-state index contributed by atoms with van der Waals surface area (Å²) in [6.45, 7) is 4.66. The molecule has 2 amide bonds. The first-order valence-electron chi connectivity index (χ1n) is 6.22. The standard InChI is InChI=1S/C13H17N5O/c1-4-6-17-8-15-7-10(17)11-12(14)16-13(19)18(11)9(3)5-2/h2,7-9,11H,4,6H2,1,3H3,(H2,14,16,19). The fourth-order valence-corrected chi connectivity index (χ4v) is 2.23. The number of amidine groups is 1. The number of imidazole rings is 1. The van der Waals surface area contributed by atoms with Gasteiger partial charge in [0.25, 0.3) is 0 Å². The first kappa shape index (κ1) is 13.1. The lowest BCUT2D eigenvalue weighted by atomic mass is 10.1. The minimum Gasteiger partial charge on any atom is -0.385 e. The van der Waals surface area contributed by atoms with E-state index < -0.39 is 12.1 Å². The van der Waals surface area contributed by atoms with E-state index in [1.54, 1.807) is 19.4 Å². The topological polar surface area (TPSA) is 76.5 Å². The summed E-state index contributed by atoms with van der Waals surface area (Å²) in [6, 6.07) is -1.18. The zero-order valence-corrected chi connectivity index (χ0v) is 11.1. The summed E-state index contributed by atoms with van der Waals surface area (Å²) < 4.78 is 1.97. The maximum atomic E-state index is 11.9. The van der Waals surface area contributed by atoms with Crippen LogP contribution in [0.15, 0.2) is 17.5 Å². The molecule has 19 heavy (non-hydrogen) atoms. The first-order valence-corrected chi connectivity index (χ1v) is 6.22. The van der Waals surface area contributed by atoms with Crippen LogP contribution in [-0.2, 0) is 6.54 Å². The van der Waals surface area contributed by atoms with E-state index in [1.165, 1.54) is 4.90 Å². The number of hydrogen-bond donors (Lipinski definition) is 1. The molecule has 0 aromatic carbocycles. The lowest BCUT2D eigenvalue weighted by molar-refractivity contribution is 0.197. The van der Waals surface area contributed by atoms with Crippen molar-refractivity contribution in [3.05, 3.63) is 18.2 Å². The molecule has 2 unspecified atom stereocenters. The van der Waals surface area contributed by atoms with Crippen LogP contribution in [0.1, 0.15) is 32.0 Å². The number of aromatic nitrogens is 2. The number of nitrogens with zero attached hydrogens (tertiary/aromatic N) is 4. The number of aryl methyl sites for hydroxylation is 1. The molecule has 1 aromatic heterocycles. The Morgan fingerprint density at radius 2 is 2.37 bits per heavy atom. The molecule has 6 nitrogen and oxygen atoms in total. The average molecular weight is 259 g/mol. The molecule has 1 aliphatic rings. The zero-order valence-electron chi connectivity index (χ0n) is 11.1. The highest BCUT2D eigenvalue weighted by molar-refractivity contribution is 6.03. The van der Waals surface area contributed by atoms with Gasteiger partial charge in [-0.25, -0.2) is 9.78 Å². The van der Waals surface area contributed by atoms with Crippen LogP contribution in [0.5, 0.6) is 0 Å². The van der Waals surface area contributed by atoms with Gasteiger partial charge in [0.2, 0.25) is 0 Å². The summed E-state index contributed by atoms with van der Waals surface area (Å²) >= 11 is 0. The number of aliphatic imine (C=N–C) groups is 1. The largest absolute Gasteiger partial charge is 0.385 e. The maximum absolute atomic E-state index is 11.9. The van der Waals surface area contributed by atoms with Crippen LogP contribution in [-0.4, -0.2) is 32.4 Å². The predicted octanol–water partition coefficient (Wildman–Crippen LogP) is 1.15. The lowest BCUT2D eigenvalue weighted by Gasteiger charge is -2.27. The highest BCUT2D eigenvalue weighted by Gasteiger charge is 2.38. The number of urea groups is 1. The summed E-state index contributed by atoms with van der Waals surface area (Å²) in [6.07, 6.45) is 9.81. The molecule has 2 heterocycles. The van der Waals surface area contributed by atoms with Gasteiger partial charge in [0, 0.05) is 6.54 Å². The van der Waals surface area contributed by atoms with Crippen molar-refractivity contribution in [3.63, 3.8) is 0 Å². The van der Waals surface area contributed by atoms with Gasteiger partial charge in [-0.05, 0) is 13.3 Å². The van der Waals surface area contributed by atoms with Crippen molar-refractivity contribution in [3.8, 4) is 12.3 Å². The van der Waals surface area contributed by atoms with Crippen molar-refractivity contribution in [1.29, 1.82) is 0 Å². The molecule has 6 heteroatoms. The quantitative estimate of drug-likeness (QED) is 0.824. The molecule has 0 saturated carbocycles. The van der Waals surface area contributed by atoms with Gasteiger partial charge in [-0.2, -0.15) is 4.99 Å². The van der Waals surface area contributed by atoms with Gasteiger partial charge in [0.15, 0.2) is 0 Å². The third-order valence-corrected chi connectivity index (χ3v) is 3.15. The summed E-state index contributed by atoms with van der Waals surface area (Å²) in [5.41, 5.74) is 6.73. The van der Waals surface area contributed by atoms with Crippen molar-refractivity contribution in [2.75, 3.05) is 0 Å². The van der Waals surface area contributed by atoms with E-state index >= 15 is 0 Å². The van der Waals surface area contributed by atoms with Gasteiger partial charge in [-0.1, -0.05) is 12.8 Å². The van der Waals surface area contributed by atoms with E-state index in [9.17, 15) is 4.79 Å². The monoisotopic (exact) mass is 259 g/mol. The van der Waals surface area contributed by atoms with Gasteiger partial charge in [-0.3, -0.25) is 4.90 Å². The number of carbonyl (C=O) groups is 1. The predicted molar refractivity (Wildman–Crippen MR) is 72.4 cm³/mol. The Balaban J connectivity index is 2.40. The molecular weight excluding hydrogens is 242 g/mol. The van der Waals surface area contributed by atoms with Crippen molar-refractivity contribution < 1.29 is 4.79 Å². The second-order valence-corrected chi connectivity index (χ2v) is 4.48. The van der Waals surface area contributed by atoms with E-state index in [2.05, 4.69) is 22.8 Å². The second kappa shape index (κ2) is 5.14. The minimum absolute atomic E-state index is 0.268. The number of hydrogen-bond acceptors (Lipinski definition) is 3. The van der Waals surface area contributed by atoms with Crippen LogP contribution in [0, 0.1) is 12.3 Å². The molecule has 0 aliphatic carbocycles. The normalized spacial score (nSPS) is 20.3. The summed E-state index contributed by atoms with van der Waals surface area (Å²) in [7, 11) is 0. The number of terminal acetylenes is 1. The van der Waals surface area contributed by atoms with Gasteiger partial charge in [0.05, 0.1) is 24.3 Å². The smallest absolute Gasteiger partial charge is 0.347 e. The Morgan fingerprint density at radius 3 is 3.00 bits per heavy atom. The van der Waals surface area contributed by atoms with Crippen LogP contribution in [0.4, 0.5) is 4.79 Å². The van der Waals surface area contributed by atoms with Crippen LogP contribution < -0.4 is 5.73 Å². The molecule has 100 valence electrons. The summed E-state index contributed by atoms with van der Waals surface area (Å²) in [5.74, 6) is 2.82. The first-order chi connectivity index (χ1) is 9.10. The Labute approximate surface area is 112 Å². The molecular formula is C13H17N5O. The fourth-order valence-electron chi connectivity index (χ4n) is 2.23. The Hall–Kier alpha value is -2.29. The summed E-state index contributed by atoms with van der Waals surface area (Å²) in [4.78, 5) is 21.4. The SMILES string of the molecule is C#CC(C)N1C(=O)N=C(N)C1c1cncn1CCC. The average Bonchev–Trinajstić information content (AvgIpc) is 2.93. The summed E-state index contributed by atoms with van der Waals surface area (Å²) in [5, 5.41) is 0. The minimum atomic E-state index is -0.424. The molecule has 0 bridgehead atoms. The van der Waals surface area contributed by atoms with E-state index in [0.29, 0.717) is 0 Å². The van der Waals surface area contributed by atoms with Gasteiger partial charge in [-0.15, -0.1) is 6.42 Å². The fraction of sp³-hybridized carbons (Fsp3) is 0.462. The lowest BCUT2D eigenvalue weighted by Crippen LogP contribution is -2.39. The molecule has 2 atom stereocenters. The van der Waals surface area contributed by atoms with E-state index in [4.69, 9.17) is 12.2 Å². The molecule has 0 fully saturated rings. The highest BCUT2D eigenvalue weighted by Crippen LogP contribution is 2.28. The molecule has 0 saturated heterocycles. The van der Waals surface area contributed by atoms with Gasteiger partial charge in [0.1, 0.15) is 11.9 Å². The highest BCUT2D eigenvalue weighted by atomic mass is 16.2. The molecule has 0 radical (unpaired) electrons. The molecule has 1 aromatic rings. The molecule has 2 N–H and O–H groups in total. The number of nitrogens with two attached hydrogens (primary N) is 1. The number of rotatable bonds is 4. The zero-order chi connectivity index (χ0) is 14.0. The molecule has 2 rings (SSSR count). The molecule has 1 aliphatic heterocycles. The van der Waals surface area contributed by atoms with Crippen LogP contribution in [0.25, 0.3) is 0 Å². The van der Waals surface area contributed by atoms with Crippen LogP contribution >= 0.6 is 0 Å². The van der Waals surface area contributed by atoms with Crippen LogP contribution in [0.2, 0.25) is 0 Å². The Kier molecular flexibility index (Phi) is 3.56. The van der Waals surface area contributed by atoms with Crippen molar-refractivity contribution >= 4 is 11.9 Å². The third-order valence-electron chi connectivity index (χ3n) is 3.15. The Morgan fingerprint density at radius 1 is 1.63 bits per heavy atom. The molecule has 0 spiro atoms. The van der Waals surface area contributed by atoms with Gasteiger partial charge < -0.3 is 10.3 Å². The van der Waals surface area contributed by atoms with Crippen molar-refractivity contribution in [1.82, 2.24) is 14.5 Å². The third kappa shape index (κ3) is 2.19. The second-order valence-electron chi connectivity index (χ2n) is 4.48. The van der Waals surface area contributed by atoms with E-state index in [-0.39, 0.29) is 11.9 Å². The van der Waals surface area contributed by atoms with Crippen molar-refractivity contribution in [2.45, 2.75) is 38.9 Å². The number of carbonyl (C=O) groups excluding carboxylic acids is 1. The van der Waals surface area contributed by atoms with E-state index in [1.807, 2.05) is 4.57 Å². The Bertz CT molecular complexity index is 554. The number of amides is 2. The van der Waals surface area contributed by atoms with Crippen molar-refractivity contribution in [2.24, 2.45) is 10.7 Å². The van der Waals surface area contributed by atoms with E-state index in [0.717, 1.165) is 18.7 Å². The maximum Gasteiger partial charge on any atom is 0.347 e. The van der Waals surface area contributed by atoms with Gasteiger partial charge >= 0.3 is 6.03 Å².